The molecule has 0 heterocycles. The molecular weight excluding hydrogens is 257 g/mol. The predicted octanol–water partition coefficient (Wildman–Crippen LogP) is 5.19. The van der Waals surface area contributed by atoms with Gasteiger partial charge in [-0.05, 0) is 24.3 Å². The summed E-state index contributed by atoms with van der Waals surface area (Å²) in [5, 5.41) is 2.13. The summed E-state index contributed by atoms with van der Waals surface area (Å²) in [5.74, 6) is 0. The van der Waals surface area contributed by atoms with Gasteiger partial charge in [-0.15, -0.1) is 25.3 Å². The van der Waals surface area contributed by atoms with E-state index < -0.39 is 14.4 Å². The molecule has 0 N–H and O–H groups in total. The maximum atomic E-state index is 3.93. The molecule has 0 amide bonds. The van der Waals surface area contributed by atoms with Gasteiger partial charge in [-0.2, -0.15) is 0 Å². The normalized spacial score (nSPS) is 9.80. The quantitative estimate of drug-likeness (QED) is 0.497. The first-order chi connectivity index (χ1) is 9.86. The monoisotopic (exact) mass is 277 g/mol. The second-order valence-corrected chi connectivity index (χ2v) is 7.51. The minimum absolute atomic E-state index is 1.07. The molecular formula is C18H20AlN. The zero-order chi connectivity index (χ0) is 14.2. The maximum Gasteiger partial charge on any atom is 0.427 e. The fourth-order valence-electron chi connectivity index (χ4n) is 2.44. The fraction of sp³-hybridized carbons (Fsp3) is 0.111. The molecule has 2 aromatic rings. The Bertz CT molecular complexity index is 486. The van der Waals surface area contributed by atoms with Crippen LogP contribution in [-0.4, -0.2) is 14.4 Å². The van der Waals surface area contributed by atoms with Crippen LogP contribution in [0.5, 0.6) is 0 Å². The predicted molar refractivity (Wildman–Crippen MR) is 90.8 cm³/mol. The average Bonchev–Trinajstić information content (AvgIpc) is 2.50. The number of para-hydroxylation sites is 2. The van der Waals surface area contributed by atoms with Crippen molar-refractivity contribution in [1.82, 2.24) is 0 Å². The van der Waals surface area contributed by atoms with Gasteiger partial charge in [-0.1, -0.05) is 47.0 Å². The summed E-state index contributed by atoms with van der Waals surface area (Å²) >= 11 is -1.20. The molecule has 0 aromatic heterocycles. The van der Waals surface area contributed by atoms with E-state index in [2.05, 4.69) is 77.7 Å². The van der Waals surface area contributed by atoms with E-state index in [4.69, 9.17) is 0 Å². The third-order valence-electron chi connectivity index (χ3n) is 3.31. The van der Waals surface area contributed by atoms with Crippen LogP contribution in [0.1, 0.15) is 0 Å². The Morgan fingerprint density at radius 3 is 1.50 bits per heavy atom. The molecule has 0 unspecified atom stereocenters. The molecule has 100 valence electrons. The van der Waals surface area contributed by atoms with Crippen LogP contribution in [-0.2, 0) is 0 Å². The van der Waals surface area contributed by atoms with Crippen molar-refractivity contribution in [2.24, 2.45) is 0 Å². The zero-order valence-electron chi connectivity index (χ0n) is 11.8. The average molecular weight is 277 g/mol. The summed E-state index contributed by atoms with van der Waals surface area (Å²) in [6, 6.07) is 21.2. The highest BCUT2D eigenvalue weighted by molar-refractivity contribution is 6.65. The van der Waals surface area contributed by atoms with E-state index >= 15 is 0 Å². The Balaban J connectivity index is 2.42. The summed E-state index contributed by atoms with van der Waals surface area (Å²) in [6.45, 7) is 7.85. The van der Waals surface area contributed by atoms with E-state index in [1.165, 1.54) is 11.4 Å². The van der Waals surface area contributed by atoms with Crippen molar-refractivity contribution < 1.29 is 0 Å². The molecule has 0 aliphatic rings. The Labute approximate surface area is 126 Å². The van der Waals surface area contributed by atoms with E-state index in [1.807, 2.05) is 12.2 Å². The Morgan fingerprint density at radius 1 is 0.750 bits per heavy atom. The topological polar surface area (TPSA) is 3.24 Å². The number of nitrogens with zero attached hydrogens (tertiary/aromatic N) is 1. The highest BCUT2D eigenvalue weighted by Crippen LogP contribution is 2.28. The summed E-state index contributed by atoms with van der Waals surface area (Å²) in [6.07, 6.45) is 4.08. The minimum atomic E-state index is -1.20. The molecule has 0 saturated carbocycles. The van der Waals surface area contributed by atoms with Gasteiger partial charge in [0.1, 0.15) is 0 Å². The molecule has 2 aromatic carbocycles. The number of anilines is 2. The number of hydrogen-bond donors (Lipinski definition) is 0. The van der Waals surface area contributed by atoms with Crippen LogP contribution in [0, 0.1) is 0 Å². The van der Waals surface area contributed by atoms with Crippen LogP contribution in [0.25, 0.3) is 0 Å². The van der Waals surface area contributed by atoms with Crippen molar-refractivity contribution in [3.8, 4) is 0 Å². The first kappa shape index (κ1) is 14.7. The SMILES string of the molecule is C=C[CH2][Al]([CH2]C=C)[N](c1ccccc1)c1ccccc1. The molecule has 0 radical (unpaired) electrons. The molecule has 1 nitrogen and oxygen atoms in total. The summed E-state index contributed by atoms with van der Waals surface area (Å²) < 4.78 is 2.50. The lowest BCUT2D eigenvalue weighted by molar-refractivity contribution is 1.31. The van der Waals surface area contributed by atoms with Crippen molar-refractivity contribution in [1.29, 1.82) is 0 Å². The van der Waals surface area contributed by atoms with Crippen LogP contribution < -0.4 is 3.88 Å². The second kappa shape index (κ2) is 7.75. The van der Waals surface area contributed by atoms with Gasteiger partial charge in [0.15, 0.2) is 0 Å². The van der Waals surface area contributed by atoms with E-state index in [0.717, 1.165) is 10.6 Å². The third-order valence-corrected chi connectivity index (χ3v) is 6.39. The van der Waals surface area contributed by atoms with Crippen molar-refractivity contribution in [2.45, 2.75) is 10.6 Å². The highest BCUT2D eigenvalue weighted by Gasteiger charge is 2.25. The van der Waals surface area contributed by atoms with E-state index in [1.54, 1.807) is 0 Å². The van der Waals surface area contributed by atoms with Crippen LogP contribution in [0.2, 0.25) is 10.6 Å². The minimum Gasteiger partial charge on any atom is -0.433 e. The van der Waals surface area contributed by atoms with Crippen LogP contribution in [0.4, 0.5) is 11.4 Å². The lowest BCUT2D eigenvalue weighted by Crippen LogP contribution is -2.34. The summed E-state index contributed by atoms with van der Waals surface area (Å²) in [5.41, 5.74) is 2.53. The molecule has 0 aliphatic heterocycles. The van der Waals surface area contributed by atoms with Gasteiger partial charge in [-0.3, -0.25) is 0 Å². The van der Waals surface area contributed by atoms with Gasteiger partial charge in [0.2, 0.25) is 0 Å². The van der Waals surface area contributed by atoms with Crippen molar-refractivity contribution in [3.63, 3.8) is 0 Å². The van der Waals surface area contributed by atoms with Gasteiger partial charge in [-0.25, -0.2) is 0 Å². The largest absolute Gasteiger partial charge is 0.433 e. The Kier molecular flexibility index (Phi) is 5.68. The van der Waals surface area contributed by atoms with Crippen molar-refractivity contribution in [2.75, 3.05) is 3.88 Å². The van der Waals surface area contributed by atoms with Gasteiger partial charge >= 0.3 is 14.4 Å². The van der Waals surface area contributed by atoms with E-state index in [9.17, 15) is 0 Å². The van der Waals surface area contributed by atoms with Crippen LogP contribution >= 0.6 is 0 Å². The van der Waals surface area contributed by atoms with Gasteiger partial charge in [0.25, 0.3) is 0 Å². The molecule has 2 rings (SSSR count). The molecule has 0 aliphatic carbocycles. The highest BCUT2D eigenvalue weighted by atomic mass is 27.2. The van der Waals surface area contributed by atoms with Gasteiger partial charge in [0.05, 0.1) is 0 Å². The first-order valence-corrected chi connectivity index (χ1v) is 9.13. The molecule has 2 heteroatoms. The van der Waals surface area contributed by atoms with E-state index in [-0.39, 0.29) is 0 Å². The van der Waals surface area contributed by atoms with E-state index in [0.29, 0.717) is 0 Å². The fourth-order valence-corrected chi connectivity index (χ4v) is 5.01. The molecule has 0 bridgehead atoms. The molecule has 0 fully saturated rings. The summed E-state index contributed by atoms with van der Waals surface area (Å²) in [4.78, 5) is 0. The Morgan fingerprint density at radius 2 is 1.15 bits per heavy atom. The first-order valence-electron chi connectivity index (χ1n) is 6.98. The zero-order valence-corrected chi connectivity index (χ0v) is 12.9. The molecule has 0 atom stereocenters. The van der Waals surface area contributed by atoms with Crippen LogP contribution in [0.3, 0.4) is 0 Å². The number of hydrogen-bond acceptors (Lipinski definition) is 1. The van der Waals surface area contributed by atoms with Crippen LogP contribution in [0.15, 0.2) is 86.0 Å². The second-order valence-electron chi connectivity index (χ2n) is 4.74. The Hall–Kier alpha value is -1.75. The third kappa shape index (κ3) is 3.63. The molecule has 0 saturated heterocycles. The molecule has 0 spiro atoms. The lowest BCUT2D eigenvalue weighted by Gasteiger charge is -2.31. The van der Waals surface area contributed by atoms with Gasteiger partial charge in [0, 0.05) is 11.4 Å². The smallest absolute Gasteiger partial charge is 0.427 e. The van der Waals surface area contributed by atoms with Crippen molar-refractivity contribution in [3.05, 3.63) is 86.0 Å². The number of benzene rings is 2. The lowest BCUT2D eigenvalue weighted by atomic mass is 10.3. The number of rotatable bonds is 7. The maximum absolute atomic E-state index is 3.93. The molecule has 20 heavy (non-hydrogen) atoms. The standard InChI is InChI=1S/C12H10N.2C3H5.Al/c1-3-7-11(8-4-1)13-12-9-5-2-6-10-12;2*1-3-2;/h1-10H;2*3H,1-2H2;/q-1;;;+1. The number of allylic oxidation sites excluding steroid dienone is 2. The summed E-state index contributed by atoms with van der Waals surface area (Å²) in [7, 11) is 0. The van der Waals surface area contributed by atoms with Gasteiger partial charge < -0.3 is 3.88 Å². The van der Waals surface area contributed by atoms with Crippen molar-refractivity contribution >= 4 is 25.7 Å².